The van der Waals surface area contributed by atoms with Crippen LogP contribution in [-0.2, 0) is 11.3 Å². The van der Waals surface area contributed by atoms with Crippen LogP contribution in [0.2, 0.25) is 0 Å². The van der Waals surface area contributed by atoms with Crippen LogP contribution in [0, 0.1) is 0 Å². The molecule has 0 amide bonds. The van der Waals surface area contributed by atoms with E-state index in [9.17, 15) is 0 Å². The van der Waals surface area contributed by atoms with Gasteiger partial charge in [-0.3, -0.25) is 0 Å². The number of aromatic nitrogens is 2. The number of thioether (sulfide) groups is 1. The zero-order chi connectivity index (χ0) is 10.8. The van der Waals surface area contributed by atoms with Crippen LogP contribution < -0.4 is 5.32 Å². The fourth-order valence-electron chi connectivity index (χ4n) is 1.48. The van der Waals surface area contributed by atoms with Crippen molar-refractivity contribution in [3.05, 3.63) is 18.0 Å². The van der Waals surface area contributed by atoms with Crippen molar-refractivity contribution >= 4 is 11.8 Å². The van der Waals surface area contributed by atoms with E-state index in [1.807, 2.05) is 12.4 Å². The Bertz CT molecular complexity index is 349. The highest BCUT2D eigenvalue weighted by Gasteiger charge is 2.21. The Morgan fingerprint density at radius 3 is 2.62 bits per heavy atom. The van der Waals surface area contributed by atoms with Crippen molar-refractivity contribution in [1.82, 2.24) is 15.3 Å². The van der Waals surface area contributed by atoms with Gasteiger partial charge in [-0.25, -0.2) is 9.97 Å². The van der Waals surface area contributed by atoms with Crippen molar-refractivity contribution in [3.63, 3.8) is 0 Å². The molecule has 4 nitrogen and oxygen atoms in total. The summed E-state index contributed by atoms with van der Waals surface area (Å²) in [6, 6.07) is 0.737. The summed E-state index contributed by atoms with van der Waals surface area (Å²) in [4.78, 5) is 8.71. The average Bonchev–Trinajstić information content (AvgIpc) is 3.06. The smallest absolute Gasteiger partial charge is 0.187 e. The van der Waals surface area contributed by atoms with Crippen molar-refractivity contribution in [2.75, 3.05) is 13.2 Å². The molecule has 1 saturated heterocycles. The minimum absolute atomic E-state index is 0.551. The fraction of sp³-hybridized carbons (Fsp3) is 0.636. The second kappa shape index (κ2) is 4.69. The Labute approximate surface area is 99.2 Å². The van der Waals surface area contributed by atoms with Crippen LogP contribution in [0.15, 0.2) is 17.6 Å². The molecule has 1 aromatic rings. The molecule has 86 valence electrons. The molecule has 2 aliphatic rings. The largest absolute Gasteiger partial charge is 0.379 e. The van der Waals surface area contributed by atoms with E-state index in [2.05, 4.69) is 15.3 Å². The van der Waals surface area contributed by atoms with Gasteiger partial charge in [0, 0.05) is 30.5 Å². The number of hydrogen-bond acceptors (Lipinski definition) is 5. The van der Waals surface area contributed by atoms with E-state index in [1.165, 1.54) is 18.4 Å². The average molecular weight is 237 g/mol. The maximum Gasteiger partial charge on any atom is 0.187 e. The Morgan fingerprint density at radius 2 is 2.06 bits per heavy atom. The maximum absolute atomic E-state index is 5.12. The Morgan fingerprint density at radius 1 is 1.31 bits per heavy atom. The fourth-order valence-corrected chi connectivity index (χ4v) is 2.33. The molecule has 0 aromatic carbocycles. The molecule has 0 bridgehead atoms. The van der Waals surface area contributed by atoms with E-state index in [0.29, 0.717) is 5.25 Å². The first kappa shape index (κ1) is 10.5. The van der Waals surface area contributed by atoms with Crippen molar-refractivity contribution in [3.8, 4) is 0 Å². The lowest BCUT2D eigenvalue weighted by Gasteiger charge is -2.24. The molecule has 2 fully saturated rings. The molecule has 0 spiro atoms. The van der Waals surface area contributed by atoms with Crippen LogP contribution in [-0.4, -0.2) is 34.5 Å². The number of nitrogens with one attached hydrogen (secondary N) is 1. The molecule has 1 aliphatic carbocycles. The van der Waals surface area contributed by atoms with Gasteiger partial charge in [0.2, 0.25) is 0 Å². The Hall–Kier alpha value is -0.650. The highest BCUT2D eigenvalue weighted by atomic mass is 32.2. The molecule has 1 saturated carbocycles. The van der Waals surface area contributed by atoms with Gasteiger partial charge < -0.3 is 10.1 Å². The molecular weight excluding hydrogens is 222 g/mol. The van der Waals surface area contributed by atoms with E-state index in [0.717, 1.165) is 31.0 Å². The molecule has 5 heteroatoms. The van der Waals surface area contributed by atoms with E-state index < -0.39 is 0 Å². The van der Waals surface area contributed by atoms with Gasteiger partial charge in [0.1, 0.15) is 0 Å². The number of nitrogens with zero attached hydrogens (tertiary/aromatic N) is 2. The Balaban J connectivity index is 1.51. The molecule has 0 unspecified atom stereocenters. The summed E-state index contributed by atoms with van der Waals surface area (Å²) in [7, 11) is 0. The first-order valence-corrected chi connectivity index (χ1v) is 6.57. The Kier molecular flexibility index (Phi) is 3.08. The predicted octanol–water partition coefficient (Wildman–Crippen LogP) is 1.22. The third kappa shape index (κ3) is 2.72. The molecule has 0 atom stereocenters. The van der Waals surface area contributed by atoms with Gasteiger partial charge in [-0.1, -0.05) is 11.8 Å². The monoisotopic (exact) mass is 237 g/mol. The van der Waals surface area contributed by atoms with E-state index >= 15 is 0 Å². The first-order valence-electron chi connectivity index (χ1n) is 5.69. The SMILES string of the molecule is c1nc(SC2COC2)ncc1CNC1CC1. The van der Waals surface area contributed by atoms with Crippen LogP contribution in [0.25, 0.3) is 0 Å². The summed E-state index contributed by atoms with van der Waals surface area (Å²) in [5.41, 5.74) is 1.17. The van der Waals surface area contributed by atoms with Gasteiger partial charge in [-0.2, -0.15) is 0 Å². The molecule has 0 radical (unpaired) electrons. The summed E-state index contributed by atoms with van der Waals surface area (Å²) in [5, 5.41) is 4.86. The van der Waals surface area contributed by atoms with Gasteiger partial charge >= 0.3 is 0 Å². The van der Waals surface area contributed by atoms with Gasteiger partial charge in [0.05, 0.1) is 18.5 Å². The lowest BCUT2D eigenvalue weighted by atomic mass is 10.3. The van der Waals surface area contributed by atoms with Crippen LogP contribution in [0.4, 0.5) is 0 Å². The molecule has 16 heavy (non-hydrogen) atoms. The van der Waals surface area contributed by atoms with Gasteiger partial charge in [0.25, 0.3) is 0 Å². The van der Waals surface area contributed by atoms with Crippen LogP contribution in [0.1, 0.15) is 18.4 Å². The molecular formula is C11H15N3OS. The molecule has 3 rings (SSSR count). The topological polar surface area (TPSA) is 47.0 Å². The molecule has 1 aromatic heterocycles. The van der Waals surface area contributed by atoms with Crippen LogP contribution in [0.3, 0.4) is 0 Å². The minimum atomic E-state index is 0.551. The zero-order valence-corrected chi connectivity index (χ0v) is 9.87. The van der Waals surface area contributed by atoms with Gasteiger partial charge in [-0.05, 0) is 12.8 Å². The number of hydrogen-bond donors (Lipinski definition) is 1. The molecule has 1 N–H and O–H groups in total. The summed E-state index contributed by atoms with van der Waals surface area (Å²) in [5.74, 6) is 0. The highest BCUT2D eigenvalue weighted by molar-refractivity contribution is 7.99. The second-order valence-corrected chi connectivity index (χ2v) is 5.57. The van der Waals surface area contributed by atoms with E-state index in [1.54, 1.807) is 11.8 Å². The van der Waals surface area contributed by atoms with Crippen molar-refractivity contribution < 1.29 is 4.74 Å². The molecule has 1 aliphatic heterocycles. The normalized spacial score (nSPS) is 20.8. The lowest BCUT2D eigenvalue weighted by Crippen LogP contribution is -2.30. The second-order valence-electron chi connectivity index (χ2n) is 4.31. The standard InChI is InChI=1S/C11H15N3OS/c1-2-9(1)12-3-8-4-13-11(14-5-8)16-10-6-15-7-10/h4-5,9-10,12H,1-3,6-7H2. The molecule has 2 heterocycles. The third-order valence-corrected chi connectivity index (χ3v) is 3.76. The van der Waals surface area contributed by atoms with Crippen LogP contribution >= 0.6 is 11.8 Å². The third-order valence-electron chi connectivity index (χ3n) is 2.73. The summed E-state index contributed by atoms with van der Waals surface area (Å²) >= 11 is 1.71. The maximum atomic E-state index is 5.12. The van der Waals surface area contributed by atoms with Crippen LogP contribution in [0.5, 0.6) is 0 Å². The summed E-state index contributed by atoms with van der Waals surface area (Å²) in [6.07, 6.45) is 6.47. The number of rotatable bonds is 5. The van der Waals surface area contributed by atoms with E-state index in [4.69, 9.17) is 4.74 Å². The minimum Gasteiger partial charge on any atom is -0.379 e. The summed E-state index contributed by atoms with van der Waals surface area (Å²) < 4.78 is 5.12. The zero-order valence-electron chi connectivity index (χ0n) is 9.06. The summed E-state index contributed by atoms with van der Waals surface area (Å²) in [6.45, 7) is 2.56. The van der Waals surface area contributed by atoms with Gasteiger partial charge in [-0.15, -0.1) is 0 Å². The predicted molar refractivity (Wildman–Crippen MR) is 62.4 cm³/mol. The highest BCUT2D eigenvalue weighted by Crippen LogP contribution is 2.24. The van der Waals surface area contributed by atoms with Gasteiger partial charge in [0.15, 0.2) is 5.16 Å². The van der Waals surface area contributed by atoms with Crippen molar-refractivity contribution in [2.24, 2.45) is 0 Å². The van der Waals surface area contributed by atoms with Crippen molar-refractivity contribution in [1.29, 1.82) is 0 Å². The number of ether oxygens (including phenoxy) is 1. The lowest BCUT2D eigenvalue weighted by molar-refractivity contribution is 0.0454. The van der Waals surface area contributed by atoms with E-state index in [-0.39, 0.29) is 0 Å². The quantitative estimate of drug-likeness (QED) is 0.780. The first-order chi connectivity index (χ1) is 7.90. The van der Waals surface area contributed by atoms with Crippen molar-refractivity contribution in [2.45, 2.75) is 35.8 Å².